The highest BCUT2D eigenvalue weighted by Crippen LogP contribution is 2.44. The number of nitrogens with one attached hydrogen (secondary N) is 1. The Balaban J connectivity index is 1.33. The lowest BCUT2D eigenvalue weighted by Crippen LogP contribution is -2.59. The number of aromatic nitrogens is 3. The molecule has 2 N–H and O–H groups in total. The molecular formula is C33H32F2N6O3. The number of fused-ring (bicyclic) bond motifs is 4. The Morgan fingerprint density at radius 3 is 2.98 bits per heavy atom. The van der Waals surface area contributed by atoms with Crippen LogP contribution in [0.4, 0.5) is 14.6 Å². The van der Waals surface area contributed by atoms with Crippen LogP contribution in [0.25, 0.3) is 32.9 Å². The smallest absolute Gasteiger partial charge is 0.319 e. The van der Waals surface area contributed by atoms with E-state index in [0.717, 1.165) is 19.4 Å². The van der Waals surface area contributed by atoms with Gasteiger partial charge in [0.2, 0.25) is 5.88 Å². The molecular weight excluding hydrogens is 566 g/mol. The molecule has 3 saturated heterocycles. The van der Waals surface area contributed by atoms with Gasteiger partial charge in [0.15, 0.2) is 5.82 Å². The number of phenolic OH excluding ortho intramolecular Hbond substituents is 1. The van der Waals surface area contributed by atoms with E-state index in [-0.39, 0.29) is 47.5 Å². The van der Waals surface area contributed by atoms with Gasteiger partial charge in [-0.1, -0.05) is 18.1 Å². The highest BCUT2D eigenvalue weighted by molar-refractivity contribution is 6.04. The number of hydrogen-bond donors (Lipinski definition) is 2. The minimum absolute atomic E-state index is 0.00193. The summed E-state index contributed by atoms with van der Waals surface area (Å²) in [6.07, 6.45) is 7.13. The first-order valence-corrected chi connectivity index (χ1v) is 15.1. The molecule has 0 aliphatic carbocycles. The molecule has 4 unspecified atom stereocenters. The maximum atomic E-state index is 16.9. The van der Waals surface area contributed by atoms with Crippen molar-refractivity contribution in [2.75, 3.05) is 44.3 Å². The molecule has 0 bridgehead atoms. The van der Waals surface area contributed by atoms with Crippen molar-refractivity contribution in [3.8, 4) is 41.2 Å². The van der Waals surface area contributed by atoms with E-state index in [1.165, 1.54) is 6.07 Å². The van der Waals surface area contributed by atoms with Crippen molar-refractivity contribution in [3.63, 3.8) is 0 Å². The number of phenols is 1. The fourth-order valence-electron chi connectivity index (χ4n) is 7.67. The average molecular weight is 599 g/mol. The Hall–Kier alpha value is -4.27. The Morgan fingerprint density at radius 2 is 2.11 bits per heavy atom. The van der Waals surface area contributed by atoms with E-state index in [1.54, 1.807) is 24.3 Å². The van der Waals surface area contributed by atoms with Crippen LogP contribution >= 0.6 is 0 Å². The van der Waals surface area contributed by atoms with Crippen molar-refractivity contribution in [1.29, 1.82) is 0 Å². The van der Waals surface area contributed by atoms with E-state index >= 15 is 4.39 Å². The minimum Gasteiger partial charge on any atom is -0.508 e. The summed E-state index contributed by atoms with van der Waals surface area (Å²) in [5.74, 6) is 2.61. The predicted molar refractivity (Wildman–Crippen MR) is 162 cm³/mol. The second kappa shape index (κ2) is 10.1. The maximum absolute atomic E-state index is 16.9. The van der Waals surface area contributed by atoms with Gasteiger partial charge in [0.25, 0.3) is 0 Å². The van der Waals surface area contributed by atoms with E-state index in [0.29, 0.717) is 65.8 Å². The molecule has 2 aromatic carbocycles. The van der Waals surface area contributed by atoms with E-state index in [1.807, 2.05) is 0 Å². The fraction of sp³-hybridized carbons (Fsp3) is 0.424. The Bertz CT molecular complexity index is 1860. The van der Waals surface area contributed by atoms with Crippen LogP contribution in [0.3, 0.4) is 0 Å². The number of anilines is 1. The normalized spacial score (nSPS) is 26.2. The molecule has 44 heavy (non-hydrogen) atoms. The second-order valence-corrected chi connectivity index (χ2v) is 12.4. The largest absolute Gasteiger partial charge is 0.508 e. The first-order chi connectivity index (χ1) is 21.3. The molecule has 4 aliphatic rings. The molecule has 6 heterocycles. The summed E-state index contributed by atoms with van der Waals surface area (Å²) in [7, 11) is 0. The molecule has 8 rings (SSSR count). The van der Waals surface area contributed by atoms with E-state index in [9.17, 15) is 9.50 Å². The zero-order valence-corrected chi connectivity index (χ0v) is 24.3. The number of nitrogens with zero attached hydrogens (tertiary/aromatic N) is 5. The lowest BCUT2D eigenvalue weighted by molar-refractivity contribution is 0.107. The Morgan fingerprint density at radius 1 is 1.23 bits per heavy atom. The third kappa shape index (κ3) is 4.15. The number of piperazine rings is 1. The SMILES string of the molecule is C#Cc1cccc2cc(O)cc(-c3nc4c5c(nc(OCC67CCCN6CC(F)C7)nc5c3F)N3CCNC(C)C3CO4)c12. The zero-order chi connectivity index (χ0) is 30.2. The third-order valence-electron chi connectivity index (χ3n) is 9.77. The molecule has 4 aromatic rings. The topological polar surface area (TPSA) is 95.9 Å². The molecule has 2 aromatic heterocycles. The van der Waals surface area contributed by atoms with Crippen molar-refractivity contribution >= 4 is 27.5 Å². The van der Waals surface area contributed by atoms with Gasteiger partial charge >= 0.3 is 6.01 Å². The van der Waals surface area contributed by atoms with Crippen molar-refractivity contribution in [2.45, 2.75) is 50.0 Å². The highest BCUT2D eigenvalue weighted by Gasteiger charge is 2.49. The quantitative estimate of drug-likeness (QED) is 0.336. The molecule has 0 amide bonds. The zero-order valence-electron chi connectivity index (χ0n) is 24.3. The van der Waals surface area contributed by atoms with Crippen LogP contribution in [0, 0.1) is 18.2 Å². The van der Waals surface area contributed by atoms with Crippen LogP contribution in [0.15, 0.2) is 30.3 Å². The van der Waals surface area contributed by atoms with Crippen LogP contribution in [-0.4, -0.2) is 88.1 Å². The van der Waals surface area contributed by atoms with Gasteiger partial charge in [0.1, 0.15) is 47.5 Å². The molecule has 9 nitrogen and oxygen atoms in total. The summed E-state index contributed by atoms with van der Waals surface area (Å²) in [6.45, 7) is 5.14. The van der Waals surface area contributed by atoms with Gasteiger partial charge in [-0.25, -0.2) is 13.8 Å². The highest BCUT2D eigenvalue weighted by atomic mass is 19.1. The van der Waals surface area contributed by atoms with E-state index in [2.05, 4.69) is 32.9 Å². The van der Waals surface area contributed by atoms with Crippen molar-refractivity contribution in [1.82, 2.24) is 25.2 Å². The van der Waals surface area contributed by atoms with Gasteiger partial charge in [-0.15, -0.1) is 6.42 Å². The van der Waals surface area contributed by atoms with Gasteiger partial charge < -0.3 is 24.8 Å². The fourth-order valence-corrected chi connectivity index (χ4v) is 7.67. The van der Waals surface area contributed by atoms with Crippen LogP contribution in [-0.2, 0) is 0 Å². The summed E-state index contributed by atoms with van der Waals surface area (Å²) in [6, 6.07) is 8.39. The average Bonchev–Trinajstić information content (AvgIpc) is 3.49. The molecule has 3 fully saturated rings. The predicted octanol–water partition coefficient (Wildman–Crippen LogP) is 4.19. The number of aromatic hydroxyl groups is 1. The summed E-state index contributed by atoms with van der Waals surface area (Å²) < 4.78 is 43.9. The van der Waals surface area contributed by atoms with Crippen molar-refractivity contribution < 1.29 is 23.4 Å². The van der Waals surface area contributed by atoms with Gasteiger partial charge in [-0.3, -0.25) is 4.90 Å². The first-order valence-electron chi connectivity index (χ1n) is 15.1. The van der Waals surface area contributed by atoms with Crippen LogP contribution in [0.2, 0.25) is 0 Å². The number of hydrogen-bond acceptors (Lipinski definition) is 9. The molecule has 0 radical (unpaired) electrons. The summed E-state index contributed by atoms with van der Waals surface area (Å²) in [5.41, 5.74) is 0.405. The number of halogens is 2. The van der Waals surface area contributed by atoms with Crippen LogP contribution in [0.5, 0.6) is 17.6 Å². The van der Waals surface area contributed by atoms with Crippen molar-refractivity contribution in [2.24, 2.45) is 0 Å². The number of pyridine rings is 1. The van der Waals surface area contributed by atoms with Gasteiger partial charge in [-0.2, -0.15) is 9.97 Å². The molecule has 0 spiro atoms. The third-order valence-corrected chi connectivity index (χ3v) is 9.77. The summed E-state index contributed by atoms with van der Waals surface area (Å²) in [5, 5.41) is 15.7. The molecule has 0 saturated carbocycles. The van der Waals surface area contributed by atoms with Gasteiger partial charge in [0.05, 0.1) is 11.6 Å². The lowest BCUT2D eigenvalue weighted by Gasteiger charge is -2.39. The standard InChI is InChI=1S/C33H32F2N6O3/c1-3-19-6-4-7-20-12-22(42)13-23(25(19)20)28-27(35)29-26-30(41-11-9-36-18(2)24(41)16-43-31(26)37-28)39-32(38-29)44-17-33-8-5-10-40(33)15-21(34)14-33/h1,4,6-7,12-13,18,21,24,36,42H,5,8-11,14-17H2,2H3. The van der Waals surface area contributed by atoms with Crippen LogP contribution < -0.4 is 19.7 Å². The molecule has 4 aliphatic heterocycles. The summed E-state index contributed by atoms with van der Waals surface area (Å²) in [4.78, 5) is 18.4. The molecule has 226 valence electrons. The molecule has 4 atom stereocenters. The number of alkyl halides is 1. The van der Waals surface area contributed by atoms with E-state index in [4.69, 9.17) is 25.9 Å². The number of rotatable bonds is 4. The lowest BCUT2D eigenvalue weighted by atomic mass is 9.95. The van der Waals surface area contributed by atoms with Gasteiger partial charge in [-0.05, 0) is 49.9 Å². The van der Waals surface area contributed by atoms with Crippen molar-refractivity contribution in [3.05, 3.63) is 41.7 Å². The van der Waals surface area contributed by atoms with Crippen LogP contribution in [0.1, 0.15) is 31.7 Å². The number of ether oxygens (including phenoxy) is 2. The Kier molecular flexibility index (Phi) is 6.29. The summed E-state index contributed by atoms with van der Waals surface area (Å²) >= 11 is 0. The second-order valence-electron chi connectivity index (χ2n) is 12.4. The Labute approximate surface area is 253 Å². The maximum Gasteiger partial charge on any atom is 0.319 e. The monoisotopic (exact) mass is 598 g/mol. The number of terminal acetylenes is 1. The minimum atomic E-state index is -0.903. The van der Waals surface area contributed by atoms with Gasteiger partial charge in [0, 0.05) is 48.6 Å². The molecule has 11 heteroatoms. The van der Waals surface area contributed by atoms with E-state index < -0.39 is 17.5 Å². The number of benzene rings is 2. The first kappa shape index (κ1) is 27.3.